The fraction of sp³-hybridized carbons (Fsp3) is 0.615. The number of aromatic nitrogens is 5. The smallest absolute Gasteiger partial charge is 0.243 e. The summed E-state index contributed by atoms with van der Waals surface area (Å²) in [4.78, 5) is 27.0. The van der Waals surface area contributed by atoms with Gasteiger partial charge in [-0.25, -0.2) is 4.39 Å². The number of rotatable bonds is 8. The average molecular weight is 508 g/mol. The molecule has 4 fully saturated rings. The molecule has 2 aliphatic heterocycles. The molecule has 3 N–H and O–H groups in total. The standard InChI is InChI=1S/C26H34FN9O/c27-18-11-21(24(37)28-19-3-1-9-34(15-19)13-16-5-6-16)36(14-18)26-30-23-4-2-10-35(23)25(31-26)29-22-12-20(32-33-22)17-7-8-17/h2,4,10,12,16-19,21H,1,3,5-9,11,13-15H2,(H,28,37)(H2,29,30,31,32,33)/t18?,19-,21?/m1/s1. The Bertz CT molecular complexity index is 1280. The average Bonchev–Trinajstić information content (AvgIpc) is 3.75. The normalized spacial score (nSPS) is 26.6. The van der Waals surface area contributed by atoms with E-state index in [1.54, 1.807) is 4.90 Å². The van der Waals surface area contributed by atoms with Crippen molar-refractivity contribution in [3.63, 3.8) is 0 Å². The number of H-pyrrole nitrogens is 1. The van der Waals surface area contributed by atoms with E-state index < -0.39 is 12.2 Å². The lowest BCUT2D eigenvalue weighted by Gasteiger charge is -2.34. The Kier molecular flexibility index (Phi) is 5.75. The number of amides is 1. The molecule has 37 heavy (non-hydrogen) atoms. The minimum Gasteiger partial charge on any atom is -0.350 e. The van der Waals surface area contributed by atoms with Gasteiger partial charge in [0.25, 0.3) is 0 Å². The van der Waals surface area contributed by atoms with Crippen LogP contribution >= 0.6 is 0 Å². The van der Waals surface area contributed by atoms with E-state index in [0.717, 1.165) is 44.1 Å². The maximum absolute atomic E-state index is 14.7. The van der Waals surface area contributed by atoms with Crippen molar-refractivity contribution in [3.05, 3.63) is 30.1 Å². The van der Waals surface area contributed by atoms with Gasteiger partial charge >= 0.3 is 0 Å². The van der Waals surface area contributed by atoms with Crippen molar-refractivity contribution >= 4 is 29.3 Å². The van der Waals surface area contributed by atoms with Crippen LogP contribution in [0.1, 0.15) is 56.6 Å². The van der Waals surface area contributed by atoms with Gasteiger partial charge in [0.1, 0.15) is 17.9 Å². The fourth-order valence-electron chi connectivity index (χ4n) is 5.81. The van der Waals surface area contributed by atoms with Crippen molar-refractivity contribution in [1.82, 2.24) is 34.8 Å². The highest BCUT2D eigenvalue weighted by atomic mass is 19.1. The molecule has 0 radical (unpaired) electrons. The van der Waals surface area contributed by atoms with E-state index in [0.29, 0.717) is 29.3 Å². The van der Waals surface area contributed by atoms with Crippen LogP contribution in [0.4, 0.5) is 22.1 Å². The quantitative estimate of drug-likeness (QED) is 0.430. The summed E-state index contributed by atoms with van der Waals surface area (Å²) in [6.45, 7) is 3.21. The minimum atomic E-state index is -1.11. The second kappa shape index (κ2) is 9.27. The summed E-state index contributed by atoms with van der Waals surface area (Å²) in [5, 5.41) is 14.0. The zero-order valence-corrected chi connectivity index (χ0v) is 20.9. The van der Waals surface area contributed by atoms with Crippen LogP contribution in [-0.4, -0.2) is 79.8 Å². The Hall–Kier alpha value is -3.21. The van der Waals surface area contributed by atoms with Crippen molar-refractivity contribution in [3.8, 4) is 0 Å². The molecule has 3 aromatic rings. The molecule has 10 nitrogen and oxygen atoms in total. The van der Waals surface area contributed by atoms with Gasteiger partial charge in [-0.3, -0.25) is 14.3 Å². The summed E-state index contributed by atoms with van der Waals surface area (Å²) < 4.78 is 16.6. The third-order valence-electron chi connectivity index (χ3n) is 8.11. The maximum atomic E-state index is 14.7. The number of nitrogens with zero attached hydrogens (tertiary/aromatic N) is 6. The van der Waals surface area contributed by atoms with Crippen molar-refractivity contribution < 1.29 is 9.18 Å². The molecule has 0 spiro atoms. The van der Waals surface area contributed by atoms with Gasteiger partial charge < -0.3 is 20.4 Å². The van der Waals surface area contributed by atoms with E-state index in [1.807, 2.05) is 28.8 Å². The third kappa shape index (κ3) is 4.88. The Labute approximate surface area is 215 Å². The maximum Gasteiger partial charge on any atom is 0.243 e. The van der Waals surface area contributed by atoms with E-state index in [4.69, 9.17) is 4.98 Å². The number of anilines is 3. The van der Waals surface area contributed by atoms with Gasteiger partial charge in [-0.05, 0) is 63.1 Å². The van der Waals surface area contributed by atoms with Crippen LogP contribution in [0, 0.1) is 5.92 Å². The number of nitrogens with one attached hydrogen (secondary N) is 3. The van der Waals surface area contributed by atoms with E-state index in [2.05, 4.69) is 30.7 Å². The third-order valence-corrected chi connectivity index (χ3v) is 8.11. The number of hydrogen-bond donors (Lipinski definition) is 3. The van der Waals surface area contributed by atoms with Crippen LogP contribution in [0.25, 0.3) is 5.65 Å². The number of hydrogen-bond acceptors (Lipinski definition) is 7. The van der Waals surface area contributed by atoms with Gasteiger partial charge in [0, 0.05) is 49.4 Å². The first kappa shape index (κ1) is 22.9. The van der Waals surface area contributed by atoms with Gasteiger partial charge in [-0.1, -0.05) is 0 Å². The number of piperidine rings is 1. The van der Waals surface area contributed by atoms with Gasteiger partial charge in [0.15, 0.2) is 5.82 Å². The topological polar surface area (TPSA) is 106 Å². The molecule has 2 unspecified atom stereocenters. The molecule has 1 amide bonds. The number of carbonyl (C=O) groups is 1. The molecule has 2 saturated carbocycles. The number of fused-ring (bicyclic) bond motifs is 1. The highest BCUT2D eigenvalue weighted by molar-refractivity contribution is 5.86. The van der Waals surface area contributed by atoms with Crippen LogP contribution in [0.2, 0.25) is 0 Å². The SMILES string of the molecule is O=C(N[C@@H]1CCCN(CC2CC2)C1)C1CC(F)CN1c1nc(Nc2cc(C3CC3)[nH]n2)n2cccc2n1. The second-order valence-electron chi connectivity index (χ2n) is 11.2. The summed E-state index contributed by atoms with van der Waals surface area (Å²) in [7, 11) is 0. The van der Waals surface area contributed by atoms with Crippen LogP contribution in [-0.2, 0) is 4.79 Å². The van der Waals surface area contributed by atoms with Gasteiger partial charge in [0.2, 0.25) is 17.8 Å². The molecule has 2 saturated heterocycles. The summed E-state index contributed by atoms with van der Waals surface area (Å²) in [5.74, 6) is 2.82. The van der Waals surface area contributed by atoms with E-state index in [-0.39, 0.29) is 24.9 Å². The number of halogens is 1. The molecular weight excluding hydrogens is 473 g/mol. The van der Waals surface area contributed by atoms with Crippen LogP contribution in [0.3, 0.4) is 0 Å². The lowest BCUT2D eigenvalue weighted by atomic mass is 10.0. The summed E-state index contributed by atoms with van der Waals surface area (Å²) in [5.41, 5.74) is 1.80. The van der Waals surface area contributed by atoms with Crippen molar-refractivity contribution in [1.29, 1.82) is 0 Å². The minimum absolute atomic E-state index is 0.0983. The first-order valence-electron chi connectivity index (χ1n) is 13.7. The van der Waals surface area contributed by atoms with Crippen molar-refractivity contribution in [2.24, 2.45) is 5.92 Å². The lowest BCUT2D eigenvalue weighted by molar-refractivity contribution is -0.123. The molecule has 196 valence electrons. The summed E-state index contributed by atoms with van der Waals surface area (Å²) in [6.07, 6.45) is 7.98. The van der Waals surface area contributed by atoms with E-state index in [1.165, 1.54) is 25.7 Å². The van der Waals surface area contributed by atoms with E-state index in [9.17, 15) is 9.18 Å². The second-order valence-corrected chi connectivity index (χ2v) is 11.2. The Balaban J connectivity index is 1.10. The van der Waals surface area contributed by atoms with Crippen molar-refractivity contribution in [2.45, 2.75) is 69.1 Å². The summed E-state index contributed by atoms with van der Waals surface area (Å²) >= 11 is 0. The highest BCUT2D eigenvalue weighted by Gasteiger charge is 2.40. The van der Waals surface area contributed by atoms with Crippen LogP contribution in [0.5, 0.6) is 0 Å². The number of aromatic amines is 1. The Morgan fingerprint density at radius 2 is 2.05 bits per heavy atom. The largest absolute Gasteiger partial charge is 0.350 e. The molecule has 11 heteroatoms. The Morgan fingerprint density at radius 3 is 2.89 bits per heavy atom. The number of alkyl halides is 1. The molecule has 4 aliphatic rings. The molecule has 3 aromatic heterocycles. The number of likely N-dealkylation sites (tertiary alicyclic amines) is 1. The summed E-state index contributed by atoms with van der Waals surface area (Å²) in [6, 6.07) is 5.25. The predicted octanol–water partition coefficient (Wildman–Crippen LogP) is 2.98. The van der Waals surface area contributed by atoms with Gasteiger partial charge in [-0.2, -0.15) is 15.1 Å². The predicted molar refractivity (Wildman–Crippen MR) is 138 cm³/mol. The van der Waals surface area contributed by atoms with Crippen molar-refractivity contribution in [2.75, 3.05) is 36.4 Å². The number of carbonyl (C=O) groups excluding carboxylic acids is 1. The molecular formula is C26H34FN9O. The first-order valence-corrected chi connectivity index (χ1v) is 13.7. The van der Waals surface area contributed by atoms with E-state index >= 15 is 0 Å². The Morgan fingerprint density at radius 1 is 1.16 bits per heavy atom. The molecule has 7 rings (SSSR count). The molecule has 0 bridgehead atoms. The monoisotopic (exact) mass is 507 g/mol. The zero-order chi connectivity index (χ0) is 24.9. The molecule has 0 aromatic carbocycles. The zero-order valence-electron chi connectivity index (χ0n) is 20.9. The highest BCUT2D eigenvalue weighted by Crippen LogP contribution is 2.39. The van der Waals surface area contributed by atoms with Gasteiger partial charge in [0.05, 0.1) is 6.54 Å². The first-order chi connectivity index (χ1) is 18.1. The molecule has 5 heterocycles. The van der Waals surface area contributed by atoms with Crippen LogP contribution in [0.15, 0.2) is 24.4 Å². The molecule has 3 atom stereocenters. The fourth-order valence-corrected chi connectivity index (χ4v) is 5.81. The molecule has 2 aliphatic carbocycles. The van der Waals surface area contributed by atoms with Gasteiger partial charge in [-0.15, -0.1) is 0 Å². The van der Waals surface area contributed by atoms with Crippen LogP contribution < -0.4 is 15.5 Å². The lowest BCUT2D eigenvalue weighted by Crippen LogP contribution is -2.53.